The average molecular weight is 286 g/mol. The number of nitrogens with zero attached hydrogens (tertiary/aromatic N) is 1. The van der Waals surface area contributed by atoms with Crippen molar-refractivity contribution in [3.05, 3.63) is 48.8 Å². The minimum Gasteiger partial charge on any atom is -0.382 e. The van der Waals surface area contributed by atoms with Crippen molar-refractivity contribution >= 4 is 56.8 Å². The number of nitrogens with one attached hydrogen (secondary N) is 1. The maximum absolute atomic E-state index is 4.31. The Morgan fingerprint density at radius 3 is 2.62 bits per heavy atom. The van der Waals surface area contributed by atoms with Crippen molar-refractivity contribution in [2.45, 2.75) is 31.7 Å². The van der Waals surface area contributed by atoms with Crippen molar-refractivity contribution in [2.24, 2.45) is 0 Å². The van der Waals surface area contributed by atoms with Gasteiger partial charge in [-0.05, 0) is 35.7 Å². The van der Waals surface area contributed by atoms with Crippen LogP contribution in [0.3, 0.4) is 0 Å². The Morgan fingerprint density at radius 2 is 1.76 bits per heavy atom. The molecule has 1 aromatic heterocycles. The fraction of sp³-hybridized carbons (Fsp3) is 0.278. The average Bonchev–Trinajstić information content (AvgIpc) is 3.00. The van der Waals surface area contributed by atoms with Crippen LogP contribution in [0.15, 0.2) is 48.8 Å². The molecule has 0 aliphatic heterocycles. The van der Waals surface area contributed by atoms with Crippen molar-refractivity contribution in [3.63, 3.8) is 0 Å². The number of pyridine rings is 1. The van der Waals surface area contributed by atoms with Crippen LogP contribution in [0, 0.1) is 0 Å². The number of aromatic nitrogens is 1. The third-order valence-corrected chi connectivity index (χ3v) is 4.38. The van der Waals surface area contributed by atoms with Gasteiger partial charge in [0.2, 0.25) is 0 Å². The molecular formula is C18H19N2Na. The Kier molecular flexibility index (Phi) is 4.48. The molecule has 0 atom stereocenters. The van der Waals surface area contributed by atoms with E-state index in [0.717, 1.165) is 0 Å². The molecule has 102 valence electrons. The van der Waals surface area contributed by atoms with Crippen molar-refractivity contribution in [3.8, 4) is 0 Å². The standard InChI is InChI=1S/C18H18N2.Na.H/c1-4-8-15-13(5-1)11-18(20-14-6-2-3-7-14)16-9-10-19-12-17(15)16;;/h1,4-5,8-12,14,20H,2-3,6-7H2;;. The predicted octanol–water partition coefficient (Wildman–Crippen LogP) is 4.09. The summed E-state index contributed by atoms with van der Waals surface area (Å²) in [7, 11) is 0. The van der Waals surface area contributed by atoms with Crippen LogP contribution in [0.2, 0.25) is 0 Å². The number of hydrogen-bond donors (Lipinski definition) is 1. The summed E-state index contributed by atoms with van der Waals surface area (Å²) in [5.74, 6) is 0. The van der Waals surface area contributed by atoms with Gasteiger partial charge in [0.15, 0.2) is 0 Å². The van der Waals surface area contributed by atoms with Gasteiger partial charge in [0.25, 0.3) is 0 Å². The Hall–Kier alpha value is -1.09. The van der Waals surface area contributed by atoms with Gasteiger partial charge in [-0.3, -0.25) is 4.98 Å². The number of hydrogen-bond acceptors (Lipinski definition) is 2. The van der Waals surface area contributed by atoms with Crippen LogP contribution >= 0.6 is 0 Å². The minimum absolute atomic E-state index is 0. The van der Waals surface area contributed by atoms with Crippen LogP contribution < -0.4 is 5.32 Å². The first-order valence-corrected chi connectivity index (χ1v) is 7.44. The third kappa shape index (κ3) is 2.80. The summed E-state index contributed by atoms with van der Waals surface area (Å²) in [4.78, 5) is 4.31. The molecule has 1 fully saturated rings. The third-order valence-electron chi connectivity index (χ3n) is 4.38. The number of anilines is 1. The number of fused-ring (bicyclic) bond motifs is 3. The molecule has 0 radical (unpaired) electrons. The van der Waals surface area contributed by atoms with Crippen molar-refractivity contribution < 1.29 is 0 Å². The Labute approximate surface area is 147 Å². The quantitative estimate of drug-likeness (QED) is 0.567. The molecule has 0 spiro atoms. The van der Waals surface area contributed by atoms with Crippen LogP contribution in [0.1, 0.15) is 25.7 Å². The summed E-state index contributed by atoms with van der Waals surface area (Å²) < 4.78 is 0. The smallest absolute Gasteiger partial charge is 0.0429 e. The topological polar surface area (TPSA) is 24.9 Å². The van der Waals surface area contributed by atoms with Gasteiger partial charge < -0.3 is 5.32 Å². The first kappa shape index (κ1) is 14.8. The summed E-state index contributed by atoms with van der Waals surface area (Å²) in [5.41, 5.74) is 1.26. The van der Waals surface area contributed by atoms with E-state index in [2.05, 4.69) is 46.7 Å². The molecule has 4 rings (SSSR count). The van der Waals surface area contributed by atoms with Gasteiger partial charge in [-0.1, -0.05) is 37.1 Å². The molecule has 0 unspecified atom stereocenters. The molecule has 0 amide bonds. The molecule has 2 nitrogen and oxygen atoms in total. The minimum atomic E-state index is 0. The van der Waals surface area contributed by atoms with Crippen LogP contribution in [0.4, 0.5) is 5.69 Å². The number of benzene rings is 2. The van der Waals surface area contributed by atoms with E-state index in [9.17, 15) is 0 Å². The molecule has 1 N–H and O–H groups in total. The summed E-state index contributed by atoms with van der Waals surface area (Å²) in [6, 6.07) is 13.6. The van der Waals surface area contributed by atoms with E-state index in [0.29, 0.717) is 6.04 Å². The summed E-state index contributed by atoms with van der Waals surface area (Å²) >= 11 is 0. The van der Waals surface area contributed by atoms with E-state index in [1.54, 1.807) is 0 Å². The van der Waals surface area contributed by atoms with E-state index < -0.39 is 0 Å². The first-order valence-electron chi connectivity index (χ1n) is 7.44. The molecule has 1 aliphatic carbocycles. The zero-order chi connectivity index (χ0) is 13.4. The molecule has 1 heterocycles. The molecule has 21 heavy (non-hydrogen) atoms. The second-order valence-corrected chi connectivity index (χ2v) is 5.69. The predicted molar refractivity (Wildman–Crippen MR) is 92.3 cm³/mol. The molecule has 0 saturated heterocycles. The zero-order valence-corrected chi connectivity index (χ0v) is 11.5. The van der Waals surface area contributed by atoms with Gasteiger partial charge in [-0.25, -0.2) is 0 Å². The van der Waals surface area contributed by atoms with Crippen molar-refractivity contribution in [2.75, 3.05) is 5.32 Å². The SMILES string of the molecule is [NaH].c1ccc2c(c1)cc(NC1CCCC1)c1ccncc12. The largest absolute Gasteiger partial charge is 0.382 e. The Balaban J connectivity index is 0.00000132. The Bertz CT molecular complexity index is 763. The van der Waals surface area contributed by atoms with Crippen LogP contribution in [-0.4, -0.2) is 40.6 Å². The van der Waals surface area contributed by atoms with Crippen LogP contribution in [0.25, 0.3) is 21.5 Å². The first-order chi connectivity index (χ1) is 9.92. The van der Waals surface area contributed by atoms with Gasteiger partial charge >= 0.3 is 29.6 Å². The van der Waals surface area contributed by atoms with Crippen LogP contribution in [0.5, 0.6) is 0 Å². The van der Waals surface area contributed by atoms with Gasteiger partial charge in [0, 0.05) is 34.9 Å². The molecule has 3 aromatic rings. The van der Waals surface area contributed by atoms with Gasteiger partial charge in [-0.15, -0.1) is 0 Å². The molecule has 3 heteroatoms. The van der Waals surface area contributed by atoms with E-state index in [1.165, 1.54) is 52.9 Å². The molecule has 1 saturated carbocycles. The Morgan fingerprint density at radius 1 is 0.952 bits per heavy atom. The summed E-state index contributed by atoms with van der Waals surface area (Å²) in [6.45, 7) is 0. The maximum atomic E-state index is 4.31. The monoisotopic (exact) mass is 286 g/mol. The summed E-state index contributed by atoms with van der Waals surface area (Å²) in [5, 5.41) is 8.84. The summed E-state index contributed by atoms with van der Waals surface area (Å²) in [6.07, 6.45) is 9.16. The van der Waals surface area contributed by atoms with E-state index in [1.807, 2.05) is 12.4 Å². The molecular weight excluding hydrogens is 267 g/mol. The van der Waals surface area contributed by atoms with Crippen molar-refractivity contribution in [1.82, 2.24) is 4.98 Å². The van der Waals surface area contributed by atoms with Gasteiger partial charge in [0.1, 0.15) is 0 Å². The molecule has 1 aliphatic rings. The molecule has 2 aromatic carbocycles. The number of rotatable bonds is 2. The van der Waals surface area contributed by atoms with Gasteiger partial charge in [-0.2, -0.15) is 0 Å². The fourth-order valence-electron chi connectivity index (χ4n) is 3.35. The fourth-order valence-corrected chi connectivity index (χ4v) is 3.35. The maximum Gasteiger partial charge on any atom is 0.0429 e. The van der Waals surface area contributed by atoms with Crippen LogP contribution in [-0.2, 0) is 0 Å². The van der Waals surface area contributed by atoms with E-state index >= 15 is 0 Å². The van der Waals surface area contributed by atoms with Gasteiger partial charge in [0.05, 0.1) is 0 Å². The zero-order valence-electron chi connectivity index (χ0n) is 11.5. The normalized spacial score (nSPS) is 15.2. The second-order valence-electron chi connectivity index (χ2n) is 5.69. The van der Waals surface area contributed by atoms with Crippen molar-refractivity contribution in [1.29, 1.82) is 0 Å². The van der Waals surface area contributed by atoms with E-state index in [-0.39, 0.29) is 29.6 Å². The molecule has 0 bridgehead atoms. The second kappa shape index (κ2) is 6.35. The van der Waals surface area contributed by atoms with E-state index in [4.69, 9.17) is 0 Å².